The zero-order valence-corrected chi connectivity index (χ0v) is 15.9. The van der Waals surface area contributed by atoms with E-state index in [-0.39, 0.29) is 22.8 Å². The van der Waals surface area contributed by atoms with Crippen LogP contribution in [0.4, 0.5) is 17.1 Å². The number of non-ortho nitro benzene ring substituents is 1. The number of hydrogen-bond donors (Lipinski definition) is 0. The summed E-state index contributed by atoms with van der Waals surface area (Å²) in [5, 5.41) is 41.4. The van der Waals surface area contributed by atoms with E-state index in [1.807, 2.05) is 0 Å². The van der Waals surface area contributed by atoms with Crippen LogP contribution in [0.2, 0.25) is 0 Å². The van der Waals surface area contributed by atoms with Gasteiger partial charge in [-0.15, -0.1) is 0 Å². The molecule has 13 nitrogen and oxygen atoms in total. The highest BCUT2D eigenvalue weighted by Crippen LogP contribution is 2.31. The first-order chi connectivity index (χ1) is 14.1. The number of nitro groups is 3. The molecule has 0 aliphatic heterocycles. The normalized spacial score (nSPS) is 11.2. The van der Waals surface area contributed by atoms with Crippen LogP contribution in [0.1, 0.15) is 28.4 Å². The molecular formula is C17H14N6O7. The molecule has 0 aliphatic carbocycles. The van der Waals surface area contributed by atoms with Gasteiger partial charge in [-0.05, 0) is 39.0 Å². The van der Waals surface area contributed by atoms with Crippen molar-refractivity contribution in [3.05, 3.63) is 76.9 Å². The Labute approximate surface area is 167 Å². The molecule has 0 unspecified atom stereocenters. The number of nitro benzene ring substituents is 2. The molecule has 3 aromatic rings. The molecule has 0 radical (unpaired) electrons. The van der Waals surface area contributed by atoms with Crippen molar-refractivity contribution in [2.24, 2.45) is 0 Å². The van der Waals surface area contributed by atoms with Gasteiger partial charge in [-0.1, -0.05) is 5.16 Å². The van der Waals surface area contributed by atoms with Crippen LogP contribution in [0.15, 0.2) is 22.7 Å². The zero-order valence-electron chi connectivity index (χ0n) is 15.9. The summed E-state index contributed by atoms with van der Waals surface area (Å²) in [6.07, 6.45) is 2.89. The lowest BCUT2D eigenvalue weighted by Crippen LogP contribution is -2.04. The summed E-state index contributed by atoms with van der Waals surface area (Å²) >= 11 is 0. The van der Waals surface area contributed by atoms with Gasteiger partial charge in [0.1, 0.15) is 5.69 Å². The van der Waals surface area contributed by atoms with Crippen LogP contribution in [0, 0.1) is 51.1 Å². The molecule has 3 rings (SSSR count). The molecule has 0 saturated carbocycles. The predicted octanol–water partition coefficient (Wildman–Crippen LogP) is 3.68. The molecule has 0 amide bonds. The number of aromatic nitrogens is 3. The second-order valence-electron chi connectivity index (χ2n) is 6.25. The van der Waals surface area contributed by atoms with Crippen LogP contribution in [-0.2, 0) is 0 Å². The fourth-order valence-electron chi connectivity index (χ4n) is 2.95. The summed E-state index contributed by atoms with van der Waals surface area (Å²) in [7, 11) is 0. The lowest BCUT2D eigenvalue weighted by molar-refractivity contribution is -0.394. The zero-order chi connectivity index (χ0) is 22.2. The quantitative estimate of drug-likeness (QED) is 0.430. The van der Waals surface area contributed by atoms with Gasteiger partial charge in [0.15, 0.2) is 5.69 Å². The molecule has 13 heteroatoms. The van der Waals surface area contributed by atoms with E-state index in [9.17, 15) is 30.3 Å². The third-order valence-electron chi connectivity index (χ3n) is 4.38. The van der Waals surface area contributed by atoms with E-state index in [2.05, 4.69) is 10.3 Å². The fraction of sp³-hybridized carbons (Fsp3) is 0.176. The van der Waals surface area contributed by atoms with E-state index in [4.69, 9.17) is 4.52 Å². The highest BCUT2D eigenvalue weighted by Gasteiger charge is 2.25. The molecule has 0 fully saturated rings. The minimum atomic E-state index is -0.727. The van der Waals surface area contributed by atoms with Gasteiger partial charge in [-0.2, -0.15) is 5.10 Å². The second-order valence-corrected chi connectivity index (χ2v) is 6.25. The summed E-state index contributed by atoms with van der Waals surface area (Å²) in [6, 6.07) is 3.25. The van der Waals surface area contributed by atoms with Gasteiger partial charge in [0.05, 0.1) is 26.5 Å². The van der Waals surface area contributed by atoms with Crippen molar-refractivity contribution in [3.8, 4) is 5.69 Å². The van der Waals surface area contributed by atoms with Crippen LogP contribution in [-0.4, -0.2) is 29.7 Å². The van der Waals surface area contributed by atoms with E-state index in [1.165, 1.54) is 29.8 Å². The van der Waals surface area contributed by atoms with Gasteiger partial charge < -0.3 is 4.52 Å². The fourth-order valence-corrected chi connectivity index (χ4v) is 2.95. The van der Waals surface area contributed by atoms with Crippen LogP contribution >= 0.6 is 0 Å². The maximum absolute atomic E-state index is 11.4. The lowest BCUT2D eigenvalue weighted by atomic mass is 10.1. The topological polar surface area (TPSA) is 173 Å². The maximum atomic E-state index is 11.4. The SMILES string of the molecule is Cc1nn(-c2ccc([N+](=O)[O-])cc2[N+](=O)[O-])c(C)c1/C=C/c1onc(C)c1[N+](=O)[O-]. The standard InChI is InChI=1S/C17H14N6O7/c1-9-13(5-7-16-17(23(28)29)10(2)19-30-16)11(3)20(18-9)14-6-4-12(21(24)25)8-15(14)22(26)27/h4-8H,1-3H3/b7-5+. The third-order valence-corrected chi connectivity index (χ3v) is 4.38. The Bertz CT molecular complexity index is 1220. The van der Waals surface area contributed by atoms with Crippen molar-refractivity contribution in [1.82, 2.24) is 14.9 Å². The minimum absolute atomic E-state index is 0.0485. The van der Waals surface area contributed by atoms with Crippen LogP contribution < -0.4 is 0 Å². The largest absolute Gasteiger partial charge is 0.349 e. The van der Waals surface area contributed by atoms with Crippen molar-refractivity contribution < 1.29 is 19.3 Å². The molecule has 0 aliphatic rings. The summed E-state index contributed by atoms with van der Waals surface area (Å²) in [5.41, 5.74) is 0.533. The molecule has 0 spiro atoms. The van der Waals surface area contributed by atoms with E-state index < -0.39 is 26.1 Å². The van der Waals surface area contributed by atoms with Gasteiger partial charge in [0.2, 0.25) is 5.76 Å². The monoisotopic (exact) mass is 414 g/mol. The molecule has 30 heavy (non-hydrogen) atoms. The summed E-state index contributed by atoms with van der Waals surface area (Å²) in [4.78, 5) is 31.5. The van der Waals surface area contributed by atoms with Crippen molar-refractivity contribution in [2.75, 3.05) is 0 Å². The Balaban J connectivity index is 2.09. The summed E-state index contributed by atoms with van der Waals surface area (Å²) in [5.74, 6) is -0.0506. The average molecular weight is 414 g/mol. The molecule has 0 bridgehead atoms. The van der Waals surface area contributed by atoms with E-state index in [0.29, 0.717) is 17.0 Å². The van der Waals surface area contributed by atoms with Gasteiger partial charge >= 0.3 is 11.4 Å². The second kappa shape index (κ2) is 7.54. The van der Waals surface area contributed by atoms with E-state index in [0.717, 1.165) is 12.1 Å². The number of benzene rings is 1. The Hall–Kier alpha value is -4.42. The highest BCUT2D eigenvalue weighted by molar-refractivity contribution is 5.74. The lowest BCUT2D eigenvalue weighted by Gasteiger charge is -2.05. The number of rotatable bonds is 6. The molecule has 0 saturated heterocycles. The molecule has 154 valence electrons. The molecular weight excluding hydrogens is 400 g/mol. The highest BCUT2D eigenvalue weighted by atomic mass is 16.6. The van der Waals surface area contributed by atoms with Gasteiger partial charge in [0.25, 0.3) is 5.69 Å². The Morgan fingerprint density at radius 2 is 1.67 bits per heavy atom. The number of aryl methyl sites for hydroxylation is 2. The predicted molar refractivity (Wildman–Crippen MR) is 103 cm³/mol. The molecule has 0 N–H and O–H groups in total. The molecule has 1 aromatic carbocycles. The van der Waals surface area contributed by atoms with Crippen LogP contribution in [0.5, 0.6) is 0 Å². The third kappa shape index (κ3) is 3.50. The minimum Gasteiger partial charge on any atom is -0.349 e. The van der Waals surface area contributed by atoms with Crippen molar-refractivity contribution in [1.29, 1.82) is 0 Å². The molecule has 0 atom stereocenters. The smallest absolute Gasteiger partial charge is 0.338 e. The molecule has 2 aromatic heterocycles. The van der Waals surface area contributed by atoms with Crippen LogP contribution in [0.25, 0.3) is 17.8 Å². The van der Waals surface area contributed by atoms with Crippen LogP contribution in [0.3, 0.4) is 0 Å². The molecule has 2 heterocycles. The van der Waals surface area contributed by atoms with Gasteiger partial charge in [0, 0.05) is 17.3 Å². The van der Waals surface area contributed by atoms with Crippen molar-refractivity contribution in [2.45, 2.75) is 20.8 Å². The maximum Gasteiger partial charge on any atom is 0.338 e. The van der Waals surface area contributed by atoms with Crippen molar-refractivity contribution >= 4 is 29.2 Å². The first-order valence-electron chi connectivity index (χ1n) is 8.40. The van der Waals surface area contributed by atoms with Crippen molar-refractivity contribution in [3.63, 3.8) is 0 Å². The van der Waals surface area contributed by atoms with Gasteiger partial charge in [-0.3, -0.25) is 30.3 Å². The van der Waals surface area contributed by atoms with E-state index >= 15 is 0 Å². The first kappa shape index (κ1) is 20.3. The Kier molecular flexibility index (Phi) is 5.11. The average Bonchev–Trinajstić information content (AvgIpc) is 3.18. The summed E-state index contributed by atoms with van der Waals surface area (Å²) < 4.78 is 6.27. The first-order valence-corrected chi connectivity index (χ1v) is 8.40. The Morgan fingerprint density at radius 1 is 0.967 bits per heavy atom. The number of nitrogens with zero attached hydrogens (tertiary/aromatic N) is 6. The van der Waals surface area contributed by atoms with E-state index in [1.54, 1.807) is 13.8 Å². The Morgan fingerprint density at radius 3 is 2.27 bits per heavy atom. The number of hydrogen-bond acceptors (Lipinski definition) is 9. The summed E-state index contributed by atoms with van der Waals surface area (Å²) in [6.45, 7) is 4.74. The van der Waals surface area contributed by atoms with Gasteiger partial charge in [-0.25, -0.2) is 4.68 Å².